The van der Waals surface area contributed by atoms with Crippen LogP contribution in [0.1, 0.15) is 5.56 Å². The molecule has 1 heterocycles. The molecule has 1 amide bonds. The first-order valence-electron chi connectivity index (χ1n) is 7.41. The van der Waals surface area contributed by atoms with Gasteiger partial charge in [-0.15, -0.1) is 0 Å². The van der Waals surface area contributed by atoms with Crippen molar-refractivity contribution in [2.75, 3.05) is 24.5 Å². The number of carbonyl (C=O) groups is 1. The average molecular weight is 330 g/mol. The highest BCUT2D eigenvalue weighted by atomic mass is 32.2. The molecule has 5 nitrogen and oxygen atoms in total. The van der Waals surface area contributed by atoms with E-state index in [1.165, 1.54) is 4.31 Å². The monoisotopic (exact) mass is 330 g/mol. The minimum atomic E-state index is -3.64. The number of anilines is 1. The molecule has 0 aliphatic carbocycles. The van der Waals surface area contributed by atoms with E-state index in [4.69, 9.17) is 0 Å². The molecule has 2 aromatic rings. The van der Waals surface area contributed by atoms with E-state index in [2.05, 4.69) is 0 Å². The maximum Gasteiger partial charge on any atom is 0.243 e. The number of hydrogen-bond donors (Lipinski definition) is 0. The summed E-state index contributed by atoms with van der Waals surface area (Å²) in [6, 6.07) is 16.1. The SMILES string of the molecule is Cc1cccc(S(=O)(=O)N2CCN(c3ccccc3)C(=O)C2)c1. The van der Waals surface area contributed by atoms with Gasteiger partial charge in [-0.05, 0) is 36.8 Å². The van der Waals surface area contributed by atoms with E-state index in [1.807, 2.05) is 43.3 Å². The van der Waals surface area contributed by atoms with E-state index in [1.54, 1.807) is 23.1 Å². The van der Waals surface area contributed by atoms with Crippen molar-refractivity contribution in [1.82, 2.24) is 4.31 Å². The molecule has 0 bridgehead atoms. The lowest BCUT2D eigenvalue weighted by Gasteiger charge is -2.33. The van der Waals surface area contributed by atoms with Gasteiger partial charge in [0.2, 0.25) is 15.9 Å². The number of carbonyl (C=O) groups excluding carboxylic acids is 1. The van der Waals surface area contributed by atoms with E-state index < -0.39 is 10.0 Å². The van der Waals surface area contributed by atoms with Gasteiger partial charge < -0.3 is 4.90 Å². The lowest BCUT2D eigenvalue weighted by Crippen LogP contribution is -2.52. The van der Waals surface area contributed by atoms with E-state index in [0.717, 1.165) is 11.3 Å². The Kier molecular flexibility index (Phi) is 4.19. The number of sulfonamides is 1. The number of amides is 1. The van der Waals surface area contributed by atoms with E-state index in [0.29, 0.717) is 6.54 Å². The van der Waals surface area contributed by atoms with Crippen LogP contribution in [0, 0.1) is 6.92 Å². The summed E-state index contributed by atoms with van der Waals surface area (Å²) < 4.78 is 26.6. The Hall–Kier alpha value is -2.18. The Morgan fingerprint density at radius 3 is 2.35 bits per heavy atom. The van der Waals surface area contributed by atoms with Crippen molar-refractivity contribution in [2.24, 2.45) is 0 Å². The molecule has 1 saturated heterocycles. The van der Waals surface area contributed by atoms with Crippen LogP contribution in [-0.4, -0.2) is 38.3 Å². The Bertz CT molecular complexity index is 819. The van der Waals surface area contributed by atoms with Crippen LogP contribution in [0.4, 0.5) is 5.69 Å². The number of aryl methyl sites for hydroxylation is 1. The van der Waals surface area contributed by atoms with Crippen LogP contribution < -0.4 is 4.90 Å². The highest BCUT2D eigenvalue weighted by molar-refractivity contribution is 7.89. The largest absolute Gasteiger partial charge is 0.310 e. The van der Waals surface area contributed by atoms with Crippen LogP contribution in [0.25, 0.3) is 0 Å². The molecule has 0 radical (unpaired) electrons. The Morgan fingerprint density at radius 2 is 1.70 bits per heavy atom. The first kappa shape index (κ1) is 15.7. The summed E-state index contributed by atoms with van der Waals surface area (Å²) in [5.41, 5.74) is 1.67. The third-order valence-electron chi connectivity index (χ3n) is 3.88. The second-order valence-corrected chi connectivity index (χ2v) is 7.47. The molecule has 120 valence electrons. The second-order valence-electron chi connectivity index (χ2n) is 5.54. The van der Waals surface area contributed by atoms with E-state index in [-0.39, 0.29) is 23.9 Å². The summed E-state index contributed by atoms with van der Waals surface area (Å²) in [5.74, 6) is -0.210. The van der Waals surface area contributed by atoms with Gasteiger partial charge in [0.05, 0.1) is 11.4 Å². The van der Waals surface area contributed by atoms with Gasteiger partial charge in [-0.3, -0.25) is 4.79 Å². The minimum Gasteiger partial charge on any atom is -0.310 e. The quantitative estimate of drug-likeness (QED) is 0.865. The zero-order valence-electron chi connectivity index (χ0n) is 12.8. The Labute approximate surface area is 136 Å². The van der Waals surface area contributed by atoms with Crippen LogP contribution in [0.2, 0.25) is 0 Å². The highest BCUT2D eigenvalue weighted by Crippen LogP contribution is 2.22. The maximum atomic E-state index is 12.7. The normalized spacial score (nSPS) is 16.6. The molecule has 6 heteroatoms. The third kappa shape index (κ3) is 3.13. The minimum absolute atomic E-state index is 0.134. The number of piperazine rings is 1. The van der Waals surface area contributed by atoms with Crippen molar-refractivity contribution in [3.63, 3.8) is 0 Å². The number of hydrogen-bond acceptors (Lipinski definition) is 3. The molecule has 0 spiro atoms. The standard InChI is InChI=1S/C17H18N2O3S/c1-14-6-5-9-16(12-14)23(21,22)18-10-11-19(17(20)13-18)15-7-3-2-4-8-15/h2-9,12H,10-11,13H2,1H3. The first-order chi connectivity index (χ1) is 11.0. The van der Waals surface area contributed by atoms with Gasteiger partial charge in [0.15, 0.2) is 0 Å². The second kappa shape index (κ2) is 6.14. The van der Waals surface area contributed by atoms with Gasteiger partial charge in [0, 0.05) is 18.8 Å². The number of rotatable bonds is 3. The van der Waals surface area contributed by atoms with Gasteiger partial charge in [-0.25, -0.2) is 8.42 Å². The van der Waals surface area contributed by atoms with Gasteiger partial charge in [0.25, 0.3) is 0 Å². The van der Waals surface area contributed by atoms with E-state index >= 15 is 0 Å². The number of para-hydroxylation sites is 1. The molecule has 0 unspecified atom stereocenters. The molecule has 3 rings (SSSR count). The molecule has 1 aliphatic heterocycles. The van der Waals surface area contributed by atoms with Crippen molar-refractivity contribution in [3.8, 4) is 0 Å². The average Bonchev–Trinajstić information content (AvgIpc) is 2.55. The fourth-order valence-electron chi connectivity index (χ4n) is 2.66. The predicted molar refractivity (Wildman–Crippen MR) is 88.7 cm³/mol. The molecular formula is C17H18N2O3S. The van der Waals surface area contributed by atoms with Crippen LogP contribution in [-0.2, 0) is 14.8 Å². The molecule has 2 aromatic carbocycles. The third-order valence-corrected chi connectivity index (χ3v) is 5.72. The van der Waals surface area contributed by atoms with Crippen molar-refractivity contribution < 1.29 is 13.2 Å². The van der Waals surface area contributed by atoms with Crippen molar-refractivity contribution in [3.05, 3.63) is 60.2 Å². The Morgan fingerprint density at radius 1 is 0.957 bits per heavy atom. The van der Waals surface area contributed by atoms with Crippen molar-refractivity contribution >= 4 is 21.6 Å². The van der Waals surface area contributed by atoms with Gasteiger partial charge >= 0.3 is 0 Å². The Balaban J connectivity index is 1.81. The number of benzene rings is 2. The fraction of sp³-hybridized carbons (Fsp3) is 0.235. The predicted octanol–water partition coefficient (Wildman–Crippen LogP) is 2.03. The van der Waals surface area contributed by atoms with Crippen LogP contribution in [0.5, 0.6) is 0 Å². The fourth-order valence-corrected chi connectivity index (χ4v) is 4.15. The molecular weight excluding hydrogens is 312 g/mol. The maximum absolute atomic E-state index is 12.7. The lowest BCUT2D eigenvalue weighted by atomic mass is 10.2. The molecule has 0 atom stereocenters. The summed E-state index contributed by atoms with van der Waals surface area (Å²) in [7, 11) is -3.64. The highest BCUT2D eigenvalue weighted by Gasteiger charge is 2.33. The molecule has 1 aliphatic rings. The molecule has 0 saturated carbocycles. The molecule has 23 heavy (non-hydrogen) atoms. The van der Waals surface area contributed by atoms with Gasteiger partial charge in [0.1, 0.15) is 0 Å². The van der Waals surface area contributed by atoms with Crippen LogP contribution in [0.3, 0.4) is 0 Å². The summed E-state index contributed by atoms with van der Waals surface area (Å²) in [5, 5.41) is 0. The molecule has 0 aromatic heterocycles. The van der Waals surface area contributed by atoms with Gasteiger partial charge in [-0.2, -0.15) is 4.31 Å². The smallest absolute Gasteiger partial charge is 0.243 e. The summed E-state index contributed by atoms with van der Waals surface area (Å²) in [6.45, 7) is 2.35. The first-order valence-corrected chi connectivity index (χ1v) is 8.85. The topological polar surface area (TPSA) is 57.7 Å². The summed E-state index contributed by atoms with van der Waals surface area (Å²) in [4.78, 5) is 14.2. The zero-order chi connectivity index (χ0) is 16.4. The molecule has 0 N–H and O–H groups in total. The van der Waals surface area contributed by atoms with Crippen LogP contribution in [0.15, 0.2) is 59.5 Å². The van der Waals surface area contributed by atoms with Crippen molar-refractivity contribution in [2.45, 2.75) is 11.8 Å². The summed E-state index contributed by atoms with van der Waals surface area (Å²) in [6.07, 6.45) is 0. The van der Waals surface area contributed by atoms with Crippen molar-refractivity contribution in [1.29, 1.82) is 0 Å². The molecule has 1 fully saturated rings. The van der Waals surface area contributed by atoms with E-state index in [9.17, 15) is 13.2 Å². The zero-order valence-corrected chi connectivity index (χ0v) is 13.7. The van der Waals surface area contributed by atoms with Gasteiger partial charge in [-0.1, -0.05) is 30.3 Å². The van der Waals surface area contributed by atoms with Crippen LogP contribution >= 0.6 is 0 Å². The number of nitrogens with zero attached hydrogens (tertiary/aromatic N) is 2. The summed E-state index contributed by atoms with van der Waals surface area (Å²) >= 11 is 0. The lowest BCUT2D eigenvalue weighted by molar-refractivity contribution is -0.119.